The summed E-state index contributed by atoms with van der Waals surface area (Å²) in [5.74, 6) is -17.2. The number of nitrogens with two attached hydrogens (primary N) is 1. The summed E-state index contributed by atoms with van der Waals surface area (Å²) in [5.41, 5.74) is 4.06. The van der Waals surface area contributed by atoms with Crippen LogP contribution in [0.25, 0.3) is 22.3 Å². The molecular weight excluding hydrogens is 1620 g/mol. The van der Waals surface area contributed by atoms with E-state index in [-0.39, 0.29) is 52.3 Å². The molecule has 0 spiro atoms. The topological polar surface area (TPSA) is 546 Å². The number of hydrogen-bond donors (Lipinski definition) is 20. The second-order valence-corrected chi connectivity index (χ2v) is 31.7. The second-order valence-electron chi connectivity index (χ2n) is 30.9. The number of carboxylic acid groups (broad SMARTS) is 1. The van der Waals surface area contributed by atoms with Crippen LogP contribution in [0.2, 0.25) is 10.0 Å². The van der Waals surface area contributed by atoms with E-state index in [4.69, 9.17) is 57.4 Å². The minimum absolute atomic E-state index is 0.124. The van der Waals surface area contributed by atoms with Crippen molar-refractivity contribution < 1.29 is 123 Å². The van der Waals surface area contributed by atoms with Crippen LogP contribution in [0.5, 0.6) is 46.0 Å². The van der Waals surface area contributed by atoms with Crippen LogP contribution in [-0.2, 0) is 57.4 Å². The smallest absolute Gasteiger partial charge is 0.322 e. The molecule has 2 saturated heterocycles. The monoisotopic (exact) mass is 1710 g/mol. The van der Waals surface area contributed by atoms with Crippen molar-refractivity contribution in [2.75, 3.05) is 18.5 Å². The van der Waals surface area contributed by atoms with Crippen molar-refractivity contribution in [2.24, 2.45) is 11.7 Å². The zero-order valence-electron chi connectivity index (χ0n) is 66.1. The summed E-state index contributed by atoms with van der Waals surface area (Å²) in [6, 6.07) is 16.1. The standard InChI is InChI=1S/C84H94Cl2N10O25/c1-7-44(8-2)89-51(24-36(3)4)76(109)94-67-69(104)41-17-22-55(49(85)26-41)117-57-28-43-29-58(73(57)121-83-74(72(107)71(106)59(35-97)119-83)120-62-33-84(6,75(108)37(5)116-62)96-45-19-14-39(15-20-45)38-12-10-9-11-13-38)118-56-23-18-42(27-50(56)86)70(105)68-82(115)93-66(78(111)88-34-61(102)103)48-30-46(98)31-54(100)63(48)47-25-40(16-21-53(47)99)64(79(112)95-68)92-80(113)65(43)91-77(110)52(32-60(87)101)90-81(67)114/h9-23,25-31,36-37,44,51-52,59,62,64-72,74-75,83,89,96-100,104-108H,7-8,24,32-35H2,1-6H3,(H2,87,101)(H,88,111)(H,90,114)(H,91,110)(H,92,113)(H,93,115)(H,94,109)(H,95,112)(H,102,103)/t37-,51+,52-,59-,62-,64+,65+,66-,67+,68-,69+,70+,71+,72-,74-,75+,83-,84-/m0/s1. The lowest BCUT2D eigenvalue weighted by atomic mass is 9.84. The first-order valence-corrected chi connectivity index (χ1v) is 39.8. The Bertz CT molecular complexity index is 5070. The minimum atomic E-state index is -2.39. The third kappa shape index (κ3) is 19.9. The normalized spacial score (nSPS) is 26.4. The van der Waals surface area contributed by atoms with Crippen molar-refractivity contribution in [1.82, 2.24) is 42.5 Å². The summed E-state index contributed by atoms with van der Waals surface area (Å²) < 4.78 is 39.7. The SMILES string of the molecule is CCC(CC)N[C@H](CC(C)C)C(=O)N[C@H]1C(=O)N[C@@H](CC(N)=O)C(=O)N[C@H]2C(=O)N[C@H]3C(=O)N[C@H](C(=O)N[C@H](C(=O)NCC(=O)O)c4cc(O)cc(O)c4-c4cc3ccc4O)[C@H](O)c3ccc(c(Cl)c3)Oc3cc2cc(c3O[C@@H]2O[C@@H](CO)[C@@H](O)[C@H](O)[C@@H]2O[C@H]2C[C@](C)(Nc3ccc(-c4ccccc4)cc3)[C@H](O)[C@H](C)O2)Oc2ccc(cc2Cl)[C@H]1O. The van der Waals surface area contributed by atoms with E-state index in [1.54, 1.807) is 13.8 Å². The molecule has 7 aromatic rings. The van der Waals surface area contributed by atoms with Crippen LogP contribution in [0.1, 0.15) is 132 Å². The lowest BCUT2D eigenvalue weighted by molar-refractivity contribution is -0.332. The van der Waals surface area contributed by atoms with Crippen molar-refractivity contribution in [3.05, 3.63) is 171 Å². The van der Waals surface area contributed by atoms with Gasteiger partial charge >= 0.3 is 5.97 Å². The van der Waals surface area contributed by atoms with Gasteiger partial charge in [0.2, 0.25) is 59.3 Å². The van der Waals surface area contributed by atoms with Gasteiger partial charge in [0.25, 0.3) is 0 Å². The zero-order chi connectivity index (χ0) is 87.3. The maximum absolute atomic E-state index is 16.4. The van der Waals surface area contributed by atoms with E-state index in [0.29, 0.717) is 18.5 Å². The molecule has 11 bridgehead atoms. The number of anilines is 1. The third-order valence-electron chi connectivity index (χ3n) is 21.7. The van der Waals surface area contributed by atoms with E-state index < -0.39 is 250 Å². The number of phenolic OH excluding ortho intramolecular Hbond substituents is 3. The highest BCUT2D eigenvalue weighted by molar-refractivity contribution is 6.32. The number of benzene rings is 7. The molecule has 8 amide bonds. The lowest BCUT2D eigenvalue weighted by Crippen LogP contribution is -2.64. The van der Waals surface area contributed by atoms with Gasteiger partial charge in [0.05, 0.1) is 40.8 Å². The number of ether oxygens (including phenoxy) is 6. The fraction of sp³-hybridized carbons (Fsp3) is 0.393. The van der Waals surface area contributed by atoms with Crippen molar-refractivity contribution in [3.63, 3.8) is 0 Å². The van der Waals surface area contributed by atoms with Gasteiger partial charge in [-0.05, 0) is 145 Å². The van der Waals surface area contributed by atoms with Gasteiger partial charge in [-0.15, -0.1) is 0 Å². The Morgan fingerprint density at radius 1 is 0.661 bits per heavy atom. The fourth-order valence-electron chi connectivity index (χ4n) is 15.3. The molecule has 0 aliphatic carbocycles. The quantitative estimate of drug-likeness (QED) is 0.0467. The van der Waals surface area contributed by atoms with Crippen molar-refractivity contribution >= 4 is 82.1 Å². The molecule has 7 aliphatic heterocycles. The third-order valence-corrected chi connectivity index (χ3v) is 22.2. The summed E-state index contributed by atoms with van der Waals surface area (Å²) in [4.78, 5) is 133. The van der Waals surface area contributed by atoms with Crippen LogP contribution in [0.3, 0.4) is 0 Å². The van der Waals surface area contributed by atoms with E-state index in [0.717, 1.165) is 77.9 Å². The van der Waals surface area contributed by atoms with Crippen LogP contribution >= 0.6 is 23.2 Å². The first kappa shape index (κ1) is 88.8. The van der Waals surface area contributed by atoms with Gasteiger partial charge < -0.3 is 133 Å². The molecular formula is C84H94Cl2N10O25. The number of halogens is 2. The van der Waals surface area contributed by atoms with E-state index >= 15 is 24.0 Å². The molecule has 644 valence electrons. The zero-order valence-corrected chi connectivity index (χ0v) is 67.6. The maximum Gasteiger partial charge on any atom is 0.322 e. The number of hydrogen-bond acceptors (Lipinski definition) is 26. The number of carboxylic acids is 1. The Balaban J connectivity index is 1.06. The van der Waals surface area contributed by atoms with Crippen LogP contribution in [0.4, 0.5) is 5.69 Å². The average molecular weight is 1710 g/mol. The van der Waals surface area contributed by atoms with E-state index in [9.17, 15) is 70.2 Å². The Kier molecular flexibility index (Phi) is 27.7. The first-order chi connectivity index (χ1) is 57.5. The van der Waals surface area contributed by atoms with Crippen LogP contribution in [0, 0.1) is 5.92 Å². The van der Waals surface area contributed by atoms with Crippen molar-refractivity contribution in [1.29, 1.82) is 0 Å². The Morgan fingerprint density at radius 2 is 1.27 bits per heavy atom. The first-order valence-electron chi connectivity index (χ1n) is 39.0. The summed E-state index contributed by atoms with van der Waals surface area (Å²) in [6.07, 6.45) is -17.7. The van der Waals surface area contributed by atoms with Crippen LogP contribution < -0.4 is 67.8 Å². The Morgan fingerprint density at radius 3 is 1.88 bits per heavy atom. The molecule has 7 aromatic carbocycles. The predicted octanol–water partition coefficient (Wildman–Crippen LogP) is 4.60. The molecule has 35 nitrogen and oxygen atoms in total. The Hall–Kier alpha value is -11.5. The molecule has 14 rings (SSSR count). The number of phenols is 3. The van der Waals surface area contributed by atoms with Crippen LogP contribution in [0.15, 0.2) is 133 Å². The number of carbonyl (C=O) groups is 9. The number of carbonyl (C=O) groups excluding carboxylic acids is 8. The molecule has 0 saturated carbocycles. The lowest BCUT2D eigenvalue weighted by Gasteiger charge is -2.48. The largest absolute Gasteiger partial charge is 0.508 e. The second kappa shape index (κ2) is 37.7. The number of amides is 8. The molecule has 37 heteroatoms. The number of aliphatic carboxylic acids is 1. The maximum atomic E-state index is 16.4. The van der Waals surface area contributed by atoms with Crippen LogP contribution in [-0.4, -0.2) is 202 Å². The summed E-state index contributed by atoms with van der Waals surface area (Å²) >= 11 is 14.4. The van der Waals surface area contributed by atoms with Gasteiger partial charge in [0.1, 0.15) is 108 Å². The summed E-state index contributed by atoms with van der Waals surface area (Å²) in [6.45, 7) is 8.71. The predicted molar refractivity (Wildman–Crippen MR) is 432 cm³/mol. The van der Waals surface area contributed by atoms with Gasteiger partial charge in [-0.25, -0.2) is 0 Å². The van der Waals surface area contributed by atoms with Gasteiger partial charge in [0, 0.05) is 35.3 Å². The number of aliphatic hydroxyl groups excluding tert-OH is 6. The van der Waals surface area contributed by atoms with Crippen molar-refractivity contribution in [2.45, 2.75) is 189 Å². The molecule has 7 heterocycles. The number of aromatic hydroxyl groups is 3. The molecule has 0 radical (unpaired) electrons. The molecule has 7 aliphatic rings. The number of fused-ring (bicyclic) bond motifs is 15. The van der Waals surface area contributed by atoms with Gasteiger partial charge in [-0.3, -0.25) is 43.2 Å². The van der Waals surface area contributed by atoms with Gasteiger partial charge in [-0.1, -0.05) is 112 Å². The molecule has 2 fully saturated rings. The average Bonchev–Trinajstić information content (AvgIpc) is 0.753. The van der Waals surface area contributed by atoms with Crippen molar-refractivity contribution in [3.8, 4) is 68.2 Å². The fourth-order valence-corrected chi connectivity index (χ4v) is 15.7. The summed E-state index contributed by atoms with van der Waals surface area (Å²) in [7, 11) is 0. The van der Waals surface area contributed by atoms with E-state index in [1.807, 2.05) is 82.3 Å². The minimum Gasteiger partial charge on any atom is -0.508 e. The number of nitrogens with one attached hydrogen (secondary N) is 9. The highest BCUT2D eigenvalue weighted by Gasteiger charge is 2.53. The molecule has 21 N–H and O–H groups in total. The highest BCUT2D eigenvalue weighted by atomic mass is 35.5. The van der Waals surface area contributed by atoms with E-state index in [2.05, 4.69) is 47.9 Å². The number of aliphatic hydroxyl groups is 6. The molecule has 0 aromatic heterocycles. The molecule has 0 unspecified atom stereocenters. The molecule has 121 heavy (non-hydrogen) atoms. The van der Waals surface area contributed by atoms with E-state index in [1.165, 1.54) is 12.1 Å². The van der Waals surface area contributed by atoms with Gasteiger partial charge in [0.15, 0.2) is 23.9 Å². The number of rotatable bonds is 21. The summed E-state index contributed by atoms with van der Waals surface area (Å²) in [5, 5.41) is 139. The van der Waals surface area contributed by atoms with Gasteiger partial charge in [-0.2, -0.15) is 0 Å². The highest BCUT2D eigenvalue weighted by Crippen LogP contribution is 2.50. The Labute approximate surface area is 702 Å². The number of primary amides is 1. The molecule has 18 atom stereocenters.